The maximum Gasteiger partial charge on any atom is 0.341 e. The van der Waals surface area contributed by atoms with Gasteiger partial charge in [-0.15, -0.1) is 11.8 Å². The molecule has 198 valence electrons. The number of aliphatic carboxylic acids is 1. The average Bonchev–Trinajstić information content (AvgIpc) is 3.27. The van der Waals surface area contributed by atoms with Gasteiger partial charge in [0.1, 0.15) is 17.4 Å². The Morgan fingerprint density at radius 1 is 1.14 bits per heavy atom. The molecule has 0 spiro atoms. The number of anilines is 1. The monoisotopic (exact) mass is 521 g/mol. The minimum absolute atomic E-state index is 0.122. The molecule has 1 aliphatic carbocycles. The van der Waals surface area contributed by atoms with E-state index < -0.39 is 36.2 Å². The molecule has 1 aromatic rings. The molecule has 36 heavy (non-hydrogen) atoms. The van der Waals surface area contributed by atoms with E-state index in [4.69, 9.17) is 14.6 Å². The number of carboxylic acids is 1. The van der Waals surface area contributed by atoms with Crippen molar-refractivity contribution in [2.75, 3.05) is 24.2 Å². The second-order valence-corrected chi connectivity index (χ2v) is 11.1. The maximum atomic E-state index is 13.3. The molecule has 1 saturated heterocycles. The molecule has 0 bridgehead atoms. The molecule has 11 heteroatoms. The van der Waals surface area contributed by atoms with E-state index in [0.717, 1.165) is 25.7 Å². The van der Waals surface area contributed by atoms with Gasteiger partial charge in [-0.3, -0.25) is 4.79 Å². The molecule has 0 aromatic heterocycles. The van der Waals surface area contributed by atoms with E-state index in [0.29, 0.717) is 17.4 Å². The van der Waals surface area contributed by atoms with E-state index in [1.807, 2.05) is 0 Å². The molecular formula is C25H35N3O7S. The number of hydrogen-bond acceptors (Lipinski definition) is 7. The standard InChI is InChI=1S/C25H35N3O7S/c1-25(2,3)35-23(32)19-15-36-22(16-8-5-4-6-9-16)28(19)20(29)13-26-24(33)27-17-10-7-11-18(12-17)34-14-21(30)31/h7,10-12,16,19,22H,4-6,8-9,13-15H2,1-3H3,(H,30,31)(H2,26,27,33)/t19-,22?/m0/s1. The molecule has 2 atom stereocenters. The van der Waals surface area contributed by atoms with Gasteiger partial charge in [0.15, 0.2) is 6.61 Å². The fraction of sp³-hybridized carbons (Fsp3) is 0.600. The highest BCUT2D eigenvalue weighted by Gasteiger charge is 2.46. The fourth-order valence-corrected chi connectivity index (χ4v) is 6.05. The first kappa shape index (κ1) is 27.6. The number of urea groups is 1. The molecule has 1 saturated carbocycles. The largest absolute Gasteiger partial charge is 0.482 e. The first-order valence-corrected chi connectivity index (χ1v) is 13.2. The van der Waals surface area contributed by atoms with Crippen LogP contribution < -0.4 is 15.4 Å². The number of carbonyl (C=O) groups is 4. The third-order valence-electron chi connectivity index (χ3n) is 5.91. The van der Waals surface area contributed by atoms with Crippen molar-refractivity contribution in [1.29, 1.82) is 0 Å². The molecular weight excluding hydrogens is 486 g/mol. The first-order valence-electron chi connectivity index (χ1n) is 12.2. The number of carbonyl (C=O) groups excluding carboxylic acids is 3. The summed E-state index contributed by atoms with van der Waals surface area (Å²) in [5.41, 5.74) is -0.286. The van der Waals surface area contributed by atoms with Gasteiger partial charge in [-0.1, -0.05) is 25.3 Å². The third kappa shape index (κ3) is 8.04. The van der Waals surface area contributed by atoms with Gasteiger partial charge in [0.05, 0.1) is 11.9 Å². The lowest BCUT2D eigenvalue weighted by Crippen LogP contribution is -2.52. The number of nitrogens with zero attached hydrogens (tertiary/aromatic N) is 1. The van der Waals surface area contributed by atoms with Gasteiger partial charge in [0, 0.05) is 17.5 Å². The lowest BCUT2D eigenvalue weighted by molar-refractivity contribution is -0.164. The van der Waals surface area contributed by atoms with Gasteiger partial charge >= 0.3 is 18.0 Å². The zero-order valence-corrected chi connectivity index (χ0v) is 21.8. The van der Waals surface area contributed by atoms with Crippen LogP contribution in [0.4, 0.5) is 10.5 Å². The number of ether oxygens (including phenoxy) is 2. The van der Waals surface area contributed by atoms with Crippen LogP contribution in [0.15, 0.2) is 24.3 Å². The van der Waals surface area contributed by atoms with Gasteiger partial charge in [-0.25, -0.2) is 14.4 Å². The van der Waals surface area contributed by atoms with Crippen LogP contribution in [-0.4, -0.2) is 69.8 Å². The minimum Gasteiger partial charge on any atom is -0.482 e. The van der Waals surface area contributed by atoms with Crippen molar-refractivity contribution in [1.82, 2.24) is 10.2 Å². The van der Waals surface area contributed by atoms with E-state index in [1.165, 1.54) is 12.5 Å². The van der Waals surface area contributed by atoms with E-state index >= 15 is 0 Å². The zero-order chi connectivity index (χ0) is 26.3. The second kappa shape index (κ2) is 12.3. The summed E-state index contributed by atoms with van der Waals surface area (Å²) in [6.45, 7) is 4.62. The van der Waals surface area contributed by atoms with Crippen molar-refractivity contribution < 1.29 is 33.8 Å². The summed E-state index contributed by atoms with van der Waals surface area (Å²) in [5.74, 6) is -0.805. The smallest absolute Gasteiger partial charge is 0.341 e. The highest BCUT2D eigenvalue weighted by Crippen LogP contribution is 2.41. The first-order chi connectivity index (χ1) is 17.0. The van der Waals surface area contributed by atoms with Crippen LogP contribution in [0.2, 0.25) is 0 Å². The Balaban J connectivity index is 1.63. The summed E-state index contributed by atoms with van der Waals surface area (Å²) in [5, 5.41) is 13.8. The highest BCUT2D eigenvalue weighted by molar-refractivity contribution is 8.00. The summed E-state index contributed by atoms with van der Waals surface area (Å²) in [6.07, 6.45) is 5.42. The molecule has 1 heterocycles. The summed E-state index contributed by atoms with van der Waals surface area (Å²) in [4.78, 5) is 51.0. The Morgan fingerprint density at radius 3 is 2.53 bits per heavy atom. The van der Waals surface area contributed by atoms with E-state index in [2.05, 4.69) is 10.6 Å². The predicted molar refractivity (Wildman–Crippen MR) is 136 cm³/mol. The van der Waals surface area contributed by atoms with Crippen LogP contribution in [0.3, 0.4) is 0 Å². The molecule has 1 aliphatic heterocycles. The van der Waals surface area contributed by atoms with Gasteiger partial charge in [-0.05, 0) is 51.7 Å². The molecule has 2 fully saturated rings. The summed E-state index contributed by atoms with van der Waals surface area (Å²) >= 11 is 1.61. The van der Waals surface area contributed by atoms with E-state index in [1.54, 1.807) is 55.6 Å². The van der Waals surface area contributed by atoms with Crippen LogP contribution >= 0.6 is 11.8 Å². The number of thioether (sulfide) groups is 1. The van der Waals surface area contributed by atoms with Crippen LogP contribution in [0.25, 0.3) is 0 Å². The lowest BCUT2D eigenvalue weighted by atomic mass is 9.88. The second-order valence-electron chi connectivity index (χ2n) is 9.99. The Morgan fingerprint density at radius 2 is 1.86 bits per heavy atom. The van der Waals surface area contributed by atoms with Crippen molar-refractivity contribution >= 4 is 41.3 Å². The number of carboxylic acid groups (broad SMARTS) is 1. The Labute approximate surface area is 215 Å². The molecule has 10 nitrogen and oxygen atoms in total. The fourth-order valence-electron chi connectivity index (χ4n) is 4.41. The van der Waals surface area contributed by atoms with Gasteiger partial charge < -0.3 is 30.1 Å². The Kier molecular flexibility index (Phi) is 9.47. The number of benzene rings is 1. The van der Waals surface area contributed by atoms with Crippen molar-refractivity contribution in [2.24, 2.45) is 5.92 Å². The van der Waals surface area contributed by atoms with Crippen LogP contribution in [0.1, 0.15) is 52.9 Å². The predicted octanol–water partition coefficient (Wildman–Crippen LogP) is 3.46. The van der Waals surface area contributed by atoms with Crippen LogP contribution in [0.5, 0.6) is 5.75 Å². The SMILES string of the molecule is CC(C)(C)OC(=O)[C@@H]1CSC(C2CCCCC2)N1C(=O)CNC(=O)Nc1cccc(OCC(=O)O)c1. The molecule has 3 rings (SSSR count). The van der Waals surface area contributed by atoms with Crippen LogP contribution in [-0.2, 0) is 19.1 Å². The lowest BCUT2D eigenvalue weighted by Gasteiger charge is -2.36. The number of rotatable bonds is 8. The average molecular weight is 522 g/mol. The van der Waals surface area contributed by atoms with Crippen molar-refractivity contribution in [3.8, 4) is 5.75 Å². The van der Waals surface area contributed by atoms with Gasteiger partial charge in [0.2, 0.25) is 5.91 Å². The van der Waals surface area contributed by atoms with Crippen molar-refractivity contribution in [2.45, 2.75) is 69.9 Å². The number of esters is 1. The normalized spacial score (nSPS) is 20.5. The third-order valence-corrected chi connectivity index (χ3v) is 7.37. The summed E-state index contributed by atoms with van der Waals surface area (Å²) < 4.78 is 10.7. The van der Waals surface area contributed by atoms with Gasteiger partial charge in [0.25, 0.3) is 0 Å². The molecule has 0 radical (unpaired) electrons. The Bertz CT molecular complexity index is 959. The number of nitrogens with one attached hydrogen (secondary N) is 2. The zero-order valence-electron chi connectivity index (χ0n) is 21.0. The number of amides is 3. The maximum absolute atomic E-state index is 13.3. The molecule has 1 unspecified atom stereocenters. The van der Waals surface area contributed by atoms with E-state index in [9.17, 15) is 19.2 Å². The van der Waals surface area contributed by atoms with Crippen LogP contribution in [0, 0.1) is 5.92 Å². The van der Waals surface area contributed by atoms with Crippen molar-refractivity contribution in [3.63, 3.8) is 0 Å². The molecule has 3 amide bonds. The Hall–Kier alpha value is -2.95. The molecule has 3 N–H and O–H groups in total. The van der Waals surface area contributed by atoms with Crippen molar-refractivity contribution in [3.05, 3.63) is 24.3 Å². The van der Waals surface area contributed by atoms with E-state index in [-0.39, 0.29) is 23.6 Å². The minimum atomic E-state index is -1.11. The van der Waals surface area contributed by atoms with Gasteiger partial charge in [-0.2, -0.15) is 0 Å². The summed E-state index contributed by atoms with van der Waals surface area (Å²) in [7, 11) is 0. The summed E-state index contributed by atoms with van der Waals surface area (Å²) in [6, 6.07) is 4.99. The highest BCUT2D eigenvalue weighted by atomic mass is 32.2. The quantitative estimate of drug-likeness (QED) is 0.443. The topological polar surface area (TPSA) is 134 Å². The molecule has 1 aromatic carbocycles. The number of hydrogen-bond donors (Lipinski definition) is 3. The molecule has 2 aliphatic rings.